The van der Waals surface area contributed by atoms with Gasteiger partial charge in [0.2, 0.25) is 17.5 Å². The second-order valence-electron chi connectivity index (χ2n) is 7.21. The van der Waals surface area contributed by atoms with Crippen molar-refractivity contribution < 1.29 is 9.53 Å². The van der Waals surface area contributed by atoms with Crippen molar-refractivity contribution in [2.75, 3.05) is 0 Å². The van der Waals surface area contributed by atoms with E-state index in [1.807, 2.05) is 78.5 Å². The van der Waals surface area contributed by atoms with Crippen molar-refractivity contribution in [3.63, 3.8) is 0 Å². The number of hydrogen-bond acceptors (Lipinski definition) is 4. The number of hydrogen-bond donors (Lipinski definition) is 0. The molecular formula is C24H20N2O2S. The lowest BCUT2D eigenvalue weighted by Crippen LogP contribution is -2.46. The highest BCUT2D eigenvalue weighted by Crippen LogP contribution is 2.55. The second kappa shape index (κ2) is 7.08. The highest BCUT2D eigenvalue weighted by atomic mass is 32.2. The first-order valence-corrected chi connectivity index (χ1v) is 10.5. The smallest absolute Gasteiger partial charge is 0.243 e. The van der Waals surface area contributed by atoms with E-state index in [0.717, 1.165) is 16.0 Å². The minimum absolute atomic E-state index is 0.135. The van der Waals surface area contributed by atoms with E-state index in [0.29, 0.717) is 12.3 Å². The van der Waals surface area contributed by atoms with E-state index in [4.69, 9.17) is 4.74 Å². The Balaban J connectivity index is 1.64. The molecule has 2 aliphatic rings. The zero-order chi connectivity index (χ0) is 19.8. The van der Waals surface area contributed by atoms with Crippen molar-refractivity contribution >= 4 is 23.6 Å². The highest BCUT2D eigenvalue weighted by Gasteiger charge is 2.53. The van der Waals surface area contributed by atoms with Crippen LogP contribution in [-0.2, 0) is 15.3 Å². The third-order valence-electron chi connectivity index (χ3n) is 5.33. The van der Waals surface area contributed by atoms with Gasteiger partial charge in [0.1, 0.15) is 0 Å². The summed E-state index contributed by atoms with van der Waals surface area (Å²) in [5.74, 6) is 0.346. The summed E-state index contributed by atoms with van der Waals surface area (Å²) in [6.07, 6.45) is 0.623. The van der Waals surface area contributed by atoms with E-state index in [1.165, 1.54) is 10.6 Å². The van der Waals surface area contributed by atoms with E-state index in [9.17, 15) is 4.79 Å². The predicted octanol–water partition coefficient (Wildman–Crippen LogP) is 5.32. The number of rotatable bonds is 2. The molecule has 0 fully saturated rings. The molecule has 0 aliphatic carbocycles. The molecule has 0 radical (unpaired) electrons. The van der Waals surface area contributed by atoms with Crippen LogP contribution in [0.5, 0.6) is 0 Å². The number of ether oxygens (including phenoxy) is 1. The molecule has 0 aromatic heterocycles. The summed E-state index contributed by atoms with van der Waals surface area (Å²) in [5, 5.41) is 6.31. The number of thioether (sulfide) groups is 1. The number of carbonyl (C=O) groups excluding carboxylic acids is 1. The molecule has 29 heavy (non-hydrogen) atoms. The van der Waals surface area contributed by atoms with Crippen LogP contribution in [0.25, 0.3) is 0 Å². The molecule has 3 aromatic carbocycles. The first-order valence-electron chi connectivity index (χ1n) is 9.62. The molecule has 2 atom stereocenters. The molecular weight excluding hydrogens is 380 g/mol. The van der Waals surface area contributed by atoms with Gasteiger partial charge in [0.15, 0.2) is 0 Å². The Morgan fingerprint density at radius 3 is 2.38 bits per heavy atom. The summed E-state index contributed by atoms with van der Waals surface area (Å²) in [7, 11) is 0. The number of amides is 1. The summed E-state index contributed by atoms with van der Waals surface area (Å²) in [6, 6.07) is 28.3. The van der Waals surface area contributed by atoms with E-state index < -0.39 is 5.72 Å². The summed E-state index contributed by atoms with van der Waals surface area (Å²) in [5.41, 5.74) is 2.12. The van der Waals surface area contributed by atoms with Crippen molar-refractivity contribution in [3.05, 3.63) is 102 Å². The molecule has 0 bridgehead atoms. The van der Waals surface area contributed by atoms with Gasteiger partial charge in [-0.25, -0.2) is 0 Å². The molecule has 5 heteroatoms. The molecule has 0 saturated heterocycles. The maximum Gasteiger partial charge on any atom is 0.243 e. The normalized spacial score (nSPS) is 22.7. The number of benzene rings is 3. The average Bonchev–Trinajstić information content (AvgIpc) is 3.15. The Morgan fingerprint density at radius 2 is 1.66 bits per heavy atom. The van der Waals surface area contributed by atoms with Gasteiger partial charge in [-0.3, -0.25) is 4.79 Å². The summed E-state index contributed by atoms with van der Waals surface area (Å²) in [4.78, 5) is 13.8. The molecule has 0 unspecified atom stereocenters. The van der Waals surface area contributed by atoms with Gasteiger partial charge in [-0.2, -0.15) is 5.01 Å². The van der Waals surface area contributed by atoms with Gasteiger partial charge in [-0.1, -0.05) is 66.7 Å². The van der Waals surface area contributed by atoms with Crippen LogP contribution >= 0.6 is 11.8 Å². The topological polar surface area (TPSA) is 41.9 Å². The monoisotopic (exact) mass is 400 g/mol. The zero-order valence-electron chi connectivity index (χ0n) is 16.0. The third-order valence-corrected chi connectivity index (χ3v) is 6.66. The first kappa shape index (κ1) is 18.0. The lowest BCUT2D eigenvalue weighted by molar-refractivity contribution is -0.151. The van der Waals surface area contributed by atoms with E-state index in [-0.39, 0.29) is 11.2 Å². The highest BCUT2D eigenvalue weighted by molar-refractivity contribution is 7.99. The van der Waals surface area contributed by atoms with Crippen molar-refractivity contribution in [1.29, 1.82) is 0 Å². The Kier molecular flexibility index (Phi) is 4.40. The van der Waals surface area contributed by atoms with Gasteiger partial charge < -0.3 is 4.74 Å². The van der Waals surface area contributed by atoms with Gasteiger partial charge in [0.05, 0.1) is 0 Å². The molecule has 1 amide bonds. The fraction of sp³-hybridized carbons (Fsp3) is 0.167. The van der Waals surface area contributed by atoms with Gasteiger partial charge in [-0.05, 0) is 23.8 Å². The van der Waals surface area contributed by atoms with Crippen molar-refractivity contribution in [2.24, 2.45) is 5.10 Å². The van der Waals surface area contributed by atoms with Crippen LogP contribution < -0.4 is 0 Å². The van der Waals surface area contributed by atoms with E-state index >= 15 is 0 Å². The van der Waals surface area contributed by atoms with Gasteiger partial charge in [-0.15, -0.1) is 16.9 Å². The molecule has 2 aliphatic heterocycles. The predicted molar refractivity (Wildman–Crippen MR) is 114 cm³/mol. The van der Waals surface area contributed by atoms with Crippen LogP contribution in [0, 0.1) is 0 Å². The maximum absolute atomic E-state index is 12.7. The minimum Gasteiger partial charge on any atom is -0.443 e. The number of hydrazone groups is 1. The summed E-state index contributed by atoms with van der Waals surface area (Å²) >= 11 is 1.81. The zero-order valence-corrected chi connectivity index (χ0v) is 16.8. The standard InChI is InChI=1S/C24H20N2O2S/c1-17(27)26-24(28-23(25-26)19-12-6-3-7-13-19)16-22(18-10-4-2-5-11-18)29-21-15-9-8-14-20(21)24/h2-15,22H,16H2,1H3/t22-,24+/m1/s1. The Hall–Kier alpha value is -3.05. The molecule has 4 nitrogen and oxygen atoms in total. The molecule has 1 spiro atoms. The minimum atomic E-state index is -0.945. The fourth-order valence-electron chi connectivity index (χ4n) is 4.02. The quantitative estimate of drug-likeness (QED) is 0.585. The van der Waals surface area contributed by atoms with E-state index in [1.54, 1.807) is 6.92 Å². The largest absolute Gasteiger partial charge is 0.443 e. The summed E-state index contributed by atoms with van der Waals surface area (Å²) < 4.78 is 6.57. The second-order valence-corrected chi connectivity index (χ2v) is 8.45. The van der Waals surface area contributed by atoms with Crippen LogP contribution in [0.15, 0.2) is 94.9 Å². The first-order chi connectivity index (χ1) is 14.2. The fourth-order valence-corrected chi connectivity index (χ4v) is 5.44. The Morgan fingerprint density at radius 1 is 1.00 bits per heavy atom. The number of nitrogens with zero attached hydrogens (tertiary/aromatic N) is 2. The lowest BCUT2D eigenvalue weighted by atomic mass is 9.93. The average molecular weight is 401 g/mol. The molecule has 5 rings (SSSR count). The molecule has 2 heterocycles. The Bertz CT molecular complexity index is 1080. The van der Waals surface area contributed by atoms with Crippen LogP contribution in [0.4, 0.5) is 0 Å². The number of fused-ring (bicyclic) bond motifs is 2. The molecule has 144 valence electrons. The van der Waals surface area contributed by atoms with Crippen LogP contribution in [-0.4, -0.2) is 16.8 Å². The maximum atomic E-state index is 12.7. The van der Waals surface area contributed by atoms with Crippen molar-refractivity contribution in [3.8, 4) is 0 Å². The van der Waals surface area contributed by atoms with Crippen LogP contribution in [0.3, 0.4) is 0 Å². The third kappa shape index (κ3) is 3.02. The molecule has 0 saturated carbocycles. The van der Waals surface area contributed by atoms with Crippen molar-refractivity contribution in [1.82, 2.24) is 5.01 Å². The van der Waals surface area contributed by atoms with Gasteiger partial charge >= 0.3 is 0 Å². The van der Waals surface area contributed by atoms with Gasteiger partial charge in [0, 0.05) is 34.6 Å². The van der Waals surface area contributed by atoms with Gasteiger partial charge in [0.25, 0.3) is 0 Å². The summed E-state index contributed by atoms with van der Waals surface area (Å²) in [6.45, 7) is 1.55. The van der Waals surface area contributed by atoms with Crippen molar-refractivity contribution in [2.45, 2.75) is 29.2 Å². The Labute approximate surface area is 174 Å². The van der Waals surface area contributed by atoms with Crippen LogP contribution in [0.1, 0.15) is 35.3 Å². The number of carbonyl (C=O) groups is 1. The SMILES string of the molecule is CC(=O)N1N=C(c2ccccc2)O[C@]12C[C@H](c1ccccc1)Sc1ccccc12. The lowest BCUT2D eigenvalue weighted by Gasteiger charge is -2.41. The van der Waals surface area contributed by atoms with E-state index in [2.05, 4.69) is 23.3 Å². The molecule has 3 aromatic rings. The van der Waals surface area contributed by atoms with Crippen LogP contribution in [0.2, 0.25) is 0 Å². The molecule has 0 N–H and O–H groups in total.